The van der Waals surface area contributed by atoms with Crippen LogP contribution in [0.25, 0.3) is 0 Å². The second-order valence-corrected chi connectivity index (χ2v) is 4.75. The van der Waals surface area contributed by atoms with Gasteiger partial charge >= 0.3 is 0 Å². The maximum absolute atomic E-state index is 5.74. The minimum absolute atomic E-state index is 0.204. The molecule has 2 N–H and O–H groups in total. The van der Waals surface area contributed by atoms with Gasteiger partial charge in [-0.15, -0.1) is 0 Å². The molecule has 1 aromatic carbocycles. The first-order valence-corrected chi connectivity index (χ1v) is 6.22. The molecule has 0 bridgehead atoms. The van der Waals surface area contributed by atoms with E-state index in [1.165, 1.54) is 0 Å². The molecule has 1 saturated heterocycles. The van der Waals surface area contributed by atoms with E-state index in [1.54, 1.807) is 0 Å². The summed E-state index contributed by atoms with van der Waals surface area (Å²) in [4.78, 5) is 0.371. The van der Waals surface area contributed by atoms with E-state index >= 15 is 0 Å². The lowest BCUT2D eigenvalue weighted by Gasteiger charge is -2.14. The van der Waals surface area contributed by atoms with E-state index in [9.17, 15) is 0 Å². The standard InChI is InChI=1S/C13H17NO2S/c1-9-4-5-12(11(7-9)13(14)17)16-8-10-3-2-6-15-10/h4-5,7,10H,2-3,6,8H2,1H3,(H2,14,17). The average molecular weight is 251 g/mol. The molecule has 1 aromatic rings. The Bertz CT molecular complexity index is 414. The van der Waals surface area contributed by atoms with Crippen molar-refractivity contribution in [2.24, 2.45) is 5.73 Å². The summed E-state index contributed by atoms with van der Waals surface area (Å²) in [5.41, 5.74) is 7.61. The largest absolute Gasteiger partial charge is 0.490 e. The summed E-state index contributed by atoms with van der Waals surface area (Å²) >= 11 is 5.02. The van der Waals surface area contributed by atoms with E-state index in [0.717, 1.165) is 36.3 Å². The summed E-state index contributed by atoms with van der Waals surface area (Å²) in [5.74, 6) is 0.749. The second-order valence-electron chi connectivity index (χ2n) is 4.31. The van der Waals surface area contributed by atoms with Crippen molar-refractivity contribution in [1.82, 2.24) is 0 Å². The highest BCUT2D eigenvalue weighted by atomic mass is 32.1. The van der Waals surface area contributed by atoms with Crippen LogP contribution >= 0.6 is 12.2 Å². The monoisotopic (exact) mass is 251 g/mol. The summed E-state index contributed by atoms with van der Waals surface area (Å²) in [6, 6.07) is 5.86. The van der Waals surface area contributed by atoms with E-state index in [1.807, 2.05) is 25.1 Å². The van der Waals surface area contributed by atoms with Gasteiger partial charge in [0.15, 0.2) is 0 Å². The van der Waals surface area contributed by atoms with Crippen LogP contribution in [0.1, 0.15) is 24.0 Å². The number of hydrogen-bond acceptors (Lipinski definition) is 3. The van der Waals surface area contributed by atoms with E-state index < -0.39 is 0 Å². The second kappa shape index (κ2) is 5.47. The number of benzene rings is 1. The molecule has 2 rings (SSSR count). The summed E-state index contributed by atoms with van der Waals surface area (Å²) in [6.45, 7) is 3.41. The molecule has 1 atom stereocenters. The summed E-state index contributed by atoms with van der Waals surface area (Å²) < 4.78 is 11.3. The quantitative estimate of drug-likeness (QED) is 0.833. The van der Waals surface area contributed by atoms with Gasteiger partial charge in [-0.25, -0.2) is 0 Å². The molecule has 0 amide bonds. The Balaban J connectivity index is 2.06. The third-order valence-electron chi connectivity index (χ3n) is 2.85. The molecule has 1 fully saturated rings. The van der Waals surface area contributed by atoms with Gasteiger partial charge in [0.05, 0.1) is 11.7 Å². The van der Waals surface area contributed by atoms with Gasteiger partial charge in [0, 0.05) is 6.61 Å². The van der Waals surface area contributed by atoms with Gasteiger partial charge in [0.2, 0.25) is 0 Å². The lowest BCUT2D eigenvalue weighted by atomic mass is 10.1. The molecule has 0 aliphatic carbocycles. The molecular weight excluding hydrogens is 234 g/mol. The van der Waals surface area contributed by atoms with Crippen molar-refractivity contribution in [2.75, 3.05) is 13.2 Å². The Morgan fingerprint density at radius 3 is 3.06 bits per heavy atom. The minimum atomic E-state index is 0.204. The van der Waals surface area contributed by atoms with Crippen molar-refractivity contribution in [2.45, 2.75) is 25.9 Å². The molecule has 92 valence electrons. The predicted molar refractivity (Wildman–Crippen MR) is 71.5 cm³/mol. The zero-order chi connectivity index (χ0) is 12.3. The Labute approximate surface area is 107 Å². The van der Waals surface area contributed by atoms with Gasteiger partial charge < -0.3 is 15.2 Å². The Hall–Kier alpha value is -1.13. The maximum Gasteiger partial charge on any atom is 0.129 e. The van der Waals surface area contributed by atoms with Gasteiger partial charge in [-0.2, -0.15) is 0 Å². The van der Waals surface area contributed by atoms with Crippen molar-refractivity contribution in [3.8, 4) is 5.75 Å². The van der Waals surface area contributed by atoms with Crippen molar-refractivity contribution in [3.05, 3.63) is 29.3 Å². The van der Waals surface area contributed by atoms with Crippen LogP contribution in [0.5, 0.6) is 5.75 Å². The topological polar surface area (TPSA) is 44.5 Å². The highest BCUT2D eigenvalue weighted by Gasteiger charge is 2.17. The van der Waals surface area contributed by atoms with Crippen molar-refractivity contribution in [3.63, 3.8) is 0 Å². The summed E-state index contributed by atoms with van der Waals surface area (Å²) in [6.07, 6.45) is 2.38. The highest BCUT2D eigenvalue weighted by Crippen LogP contribution is 2.21. The predicted octanol–water partition coefficient (Wildman–Crippen LogP) is 2.19. The van der Waals surface area contributed by atoms with Crippen molar-refractivity contribution >= 4 is 17.2 Å². The average Bonchev–Trinajstić information content (AvgIpc) is 2.80. The first-order valence-electron chi connectivity index (χ1n) is 5.81. The third-order valence-corrected chi connectivity index (χ3v) is 3.07. The van der Waals surface area contributed by atoms with Crippen LogP contribution in [0.2, 0.25) is 0 Å². The van der Waals surface area contributed by atoms with Crippen molar-refractivity contribution in [1.29, 1.82) is 0 Å². The van der Waals surface area contributed by atoms with Crippen LogP contribution < -0.4 is 10.5 Å². The highest BCUT2D eigenvalue weighted by molar-refractivity contribution is 7.80. The fourth-order valence-electron chi connectivity index (χ4n) is 1.92. The van der Waals surface area contributed by atoms with Gasteiger partial charge in [0.1, 0.15) is 17.3 Å². The fourth-order valence-corrected chi connectivity index (χ4v) is 2.08. The number of hydrogen-bond donors (Lipinski definition) is 1. The molecular formula is C13H17NO2S. The lowest BCUT2D eigenvalue weighted by molar-refractivity contribution is 0.0679. The molecule has 1 unspecified atom stereocenters. The molecule has 3 nitrogen and oxygen atoms in total. The Kier molecular flexibility index (Phi) is 3.97. The minimum Gasteiger partial charge on any atom is -0.490 e. The number of nitrogens with two attached hydrogens (primary N) is 1. The number of rotatable bonds is 4. The molecule has 0 radical (unpaired) electrons. The van der Waals surface area contributed by atoms with Crippen LogP contribution in [0.3, 0.4) is 0 Å². The Morgan fingerprint density at radius 1 is 1.59 bits per heavy atom. The van der Waals surface area contributed by atoms with Crippen LogP contribution in [0.4, 0.5) is 0 Å². The fraction of sp³-hybridized carbons (Fsp3) is 0.462. The third kappa shape index (κ3) is 3.17. The molecule has 1 heterocycles. The van der Waals surface area contributed by atoms with Crippen molar-refractivity contribution < 1.29 is 9.47 Å². The normalized spacial score (nSPS) is 19.2. The lowest BCUT2D eigenvalue weighted by Crippen LogP contribution is -2.18. The summed E-state index contributed by atoms with van der Waals surface area (Å²) in [7, 11) is 0. The molecule has 0 spiro atoms. The molecule has 1 aliphatic rings. The van der Waals surface area contributed by atoms with Gasteiger partial charge in [0.25, 0.3) is 0 Å². The van der Waals surface area contributed by atoms with Gasteiger partial charge in [-0.3, -0.25) is 0 Å². The smallest absolute Gasteiger partial charge is 0.129 e. The van der Waals surface area contributed by atoms with Gasteiger partial charge in [-0.05, 0) is 31.9 Å². The molecule has 4 heteroatoms. The zero-order valence-electron chi connectivity index (χ0n) is 9.94. The van der Waals surface area contributed by atoms with Gasteiger partial charge in [-0.1, -0.05) is 23.8 Å². The zero-order valence-corrected chi connectivity index (χ0v) is 10.8. The van der Waals surface area contributed by atoms with E-state index in [0.29, 0.717) is 11.6 Å². The van der Waals surface area contributed by atoms with E-state index in [2.05, 4.69) is 0 Å². The molecule has 17 heavy (non-hydrogen) atoms. The molecule has 1 aliphatic heterocycles. The van der Waals surface area contributed by atoms with E-state index in [4.69, 9.17) is 27.4 Å². The summed E-state index contributed by atoms with van der Waals surface area (Å²) in [5, 5.41) is 0. The number of aryl methyl sites for hydroxylation is 1. The van der Waals surface area contributed by atoms with Crippen LogP contribution in [-0.4, -0.2) is 24.3 Å². The van der Waals surface area contributed by atoms with Crippen LogP contribution in [0, 0.1) is 6.92 Å². The Morgan fingerprint density at radius 2 is 2.41 bits per heavy atom. The van der Waals surface area contributed by atoms with Crippen LogP contribution in [-0.2, 0) is 4.74 Å². The molecule has 0 saturated carbocycles. The first-order chi connectivity index (χ1) is 8.16. The number of ether oxygens (including phenoxy) is 2. The number of thiocarbonyl (C=S) groups is 1. The SMILES string of the molecule is Cc1ccc(OCC2CCCO2)c(C(N)=S)c1. The van der Waals surface area contributed by atoms with Crippen LogP contribution in [0.15, 0.2) is 18.2 Å². The molecule has 0 aromatic heterocycles. The first kappa shape index (κ1) is 12.3. The van der Waals surface area contributed by atoms with E-state index in [-0.39, 0.29) is 6.10 Å². The maximum atomic E-state index is 5.74.